The summed E-state index contributed by atoms with van der Waals surface area (Å²) in [5.74, 6) is -0.424. The van der Waals surface area contributed by atoms with Crippen molar-refractivity contribution in [2.45, 2.75) is 13.8 Å². The second kappa shape index (κ2) is 8.78. The Hall–Kier alpha value is -3.66. The highest BCUT2D eigenvalue weighted by molar-refractivity contribution is 6.13. The minimum Gasteiger partial charge on any atom is -0.463 e. The number of hydrogen-bond acceptors (Lipinski definition) is 4. The number of esters is 1. The molecule has 0 spiro atoms. The van der Waals surface area contributed by atoms with Gasteiger partial charge in [0.15, 0.2) is 0 Å². The van der Waals surface area contributed by atoms with Gasteiger partial charge in [0.2, 0.25) is 6.61 Å². The summed E-state index contributed by atoms with van der Waals surface area (Å²) in [6, 6.07) is 27.4. The topological polar surface area (TPSA) is 47.9 Å². The summed E-state index contributed by atoms with van der Waals surface area (Å²) in [4.78, 5) is 16.4. The van der Waals surface area contributed by atoms with Crippen LogP contribution in [0, 0.1) is 0 Å². The molecular weight excluding hydrogens is 374 g/mol. The Morgan fingerprint density at radius 1 is 0.867 bits per heavy atom. The van der Waals surface area contributed by atoms with Crippen LogP contribution in [0.5, 0.6) is 0 Å². The van der Waals surface area contributed by atoms with Gasteiger partial charge >= 0.3 is 5.97 Å². The quantitative estimate of drug-likeness (QED) is 0.174. The van der Waals surface area contributed by atoms with Crippen LogP contribution >= 0.6 is 0 Å². The van der Waals surface area contributed by atoms with Gasteiger partial charge in [0, 0.05) is 0 Å². The van der Waals surface area contributed by atoms with E-state index in [9.17, 15) is 4.79 Å². The van der Waals surface area contributed by atoms with Gasteiger partial charge in [0.05, 0.1) is 12.3 Å². The van der Waals surface area contributed by atoms with Crippen molar-refractivity contribution in [3.8, 4) is 11.1 Å². The lowest BCUT2D eigenvalue weighted by Crippen LogP contribution is -2.11. The monoisotopic (exact) mass is 397 g/mol. The highest BCUT2D eigenvalue weighted by Crippen LogP contribution is 2.34. The van der Waals surface area contributed by atoms with Gasteiger partial charge in [-0.3, -0.25) is 0 Å². The maximum Gasteiger partial charge on any atom is 0.347 e. The average molecular weight is 397 g/mol. The zero-order valence-corrected chi connectivity index (χ0v) is 17.1. The first-order valence-electron chi connectivity index (χ1n) is 10.0. The zero-order valence-electron chi connectivity index (χ0n) is 17.1. The number of rotatable bonds is 6. The second-order valence-corrected chi connectivity index (χ2v) is 7.02. The predicted octanol–water partition coefficient (Wildman–Crippen LogP) is 5.96. The van der Waals surface area contributed by atoms with Crippen molar-refractivity contribution in [2.24, 2.45) is 5.16 Å². The van der Waals surface area contributed by atoms with Gasteiger partial charge in [-0.15, -0.1) is 0 Å². The van der Waals surface area contributed by atoms with Crippen molar-refractivity contribution in [2.75, 3.05) is 13.2 Å². The fourth-order valence-corrected chi connectivity index (χ4v) is 3.62. The molecule has 0 saturated carbocycles. The van der Waals surface area contributed by atoms with Crippen LogP contribution in [0.3, 0.4) is 0 Å². The highest BCUT2D eigenvalue weighted by Gasteiger charge is 2.09. The van der Waals surface area contributed by atoms with Gasteiger partial charge in [-0.2, -0.15) is 0 Å². The molecule has 4 aromatic carbocycles. The van der Waals surface area contributed by atoms with Gasteiger partial charge in [0.1, 0.15) is 0 Å². The molecule has 0 N–H and O–H groups in total. The molecule has 0 aliphatic heterocycles. The number of nitrogens with zero attached hydrogens (tertiary/aromatic N) is 1. The van der Waals surface area contributed by atoms with Gasteiger partial charge in [-0.1, -0.05) is 78.0 Å². The Kier molecular flexibility index (Phi) is 5.75. The van der Waals surface area contributed by atoms with Crippen LogP contribution < -0.4 is 0 Å². The number of carbonyl (C=O) groups is 1. The molecule has 0 heterocycles. The van der Waals surface area contributed by atoms with Crippen LogP contribution in [0.2, 0.25) is 0 Å². The number of carbonyl (C=O) groups excluding carboxylic acids is 1. The first-order chi connectivity index (χ1) is 14.7. The van der Waals surface area contributed by atoms with Crippen molar-refractivity contribution in [1.82, 2.24) is 0 Å². The molecule has 30 heavy (non-hydrogen) atoms. The van der Waals surface area contributed by atoms with Crippen LogP contribution in [-0.2, 0) is 14.4 Å². The van der Waals surface area contributed by atoms with E-state index in [1.165, 1.54) is 27.1 Å². The van der Waals surface area contributed by atoms with E-state index in [1.807, 2.05) is 19.1 Å². The fourth-order valence-electron chi connectivity index (χ4n) is 3.62. The molecule has 0 bridgehead atoms. The first-order valence-corrected chi connectivity index (χ1v) is 10.0. The van der Waals surface area contributed by atoms with Crippen molar-refractivity contribution in [3.05, 3.63) is 84.4 Å². The molecule has 4 nitrogen and oxygen atoms in total. The standard InChI is InChI=1S/C26H23NO3/c1-3-29-26(28)17-30-27-18(2)19-12-14-20(15-13-19)25-16-21-8-4-5-9-22(21)23-10-6-7-11-24(23)25/h4-16H,3,17H2,1-2H3. The Labute approximate surface area is 175 Å². The lowest BCUT2D eigenvalue weighted by Gasteiger charge is -2.11. The van der Waals surface area contributed by atoms with E-state index in [4.69, 9.17) is 9.57 Å². The van der Waals surface area contributed by atoms with Crippen LogP contribution in [0.1, 0.15) is 19.4 Å². The Morgan fingerprint density at radius 3 is 2.27 bits per heavy atom. The van der Waals surface area contributed by atoms with Gasteiger partial charge in [-0.25, -0.2) is 4.79 Å². The van der Waals surface area contributed by atoms with Crippen molar-refractivity contribution >= 4 is 33.2 Å². The van der Waals surface area contributed by atoms with Crippen LogP contribution in [-0.4, -0.2) is 24.9 Å². The van der Waals surface area contributed by atoms with E-state index >= 15 is 0 Å². The SMILES string of the molecule is CCOC(=O)CON=C(C)c1ccc(-c2cc3ccccc3c3ccccc23)cc1. The van der Waals surface area contributed by atoms with E-state index in [2.05, 4.69) is 71.9 Å². The van der Waals surface area contributed by atoms with Crippen molar-refractivity contribution in [3.63, 3.8) is 0 Å². The van der Waals surface area contributed by atoms with E-state index in [0.29, 0.717) is 12.3 Å². The van der Waals surface area contributed by atoms with E-state index in [-0.39, 0.29) is 6.61 Å². The normalized spacial score (nSPS) is 11.6. The lowest BCUT2D eigenvalue weighted by atomic mass is 9.93. The van der Waals surface area contributed by atoms with E-state index in [0.717, 1.165) is 11.1 Å². The number of hydrogen-bond donors (Lipinski definition) is 0. The van der Waals surface area contributed by atoms with E-state index < -0.39 is 5.97 Å². The Morgan fingerprint density at radius 2 is 1.53 bits per heavy atom. The molecular formula is C26H23NO3. The van der Waals surface area contributed by atoms with Crippen molar-refractivity contribution < 1.29 is 14.4 Å². The maximum absolute atomic E-state index is 11.3. The molecule has 0 unspecified atom stereocenters. The molecule has 0 aliphatic rings. The molecule has 0 aliphatic carbocycles. The lowest BCUT2D eigenvalue weighted by molar-refractivity contribution is -0.148. The molecule has 4 heteroatoms. The van der Waals surface area contributed by atoms with Crippen LogP contribution in [0.15, 0.2) is 84.0 Å². The smallest absolute Gasteiger partial charge is 0.347 e. The third-order valence-corrected chi connectivity index (χ3v) is 5.07. The third kappa shape index (κ3) is 4.03. The number of oxime groups is 1. The summed E-state index contributed by atoms with van der Waals surface area (Å²) in [6.07, 6.45) is 0. The molecule has 4 aromatic rings. The molecule has 0 amide bonds. The number of ether oxygens (including phenoxy) is 1. The summed E-state index contributed by atoms with van der Waals surface area (Å²) in [5, 5.41) is 8.99. The summed E-state index contributed by atoms with van der Waals surface area (Å²) in [5.41, 5.74) is 3.98. The fraction of sp³-hybridized carbons (Fsp3) is 0.154. The van der Waals surface area contributed by atoms with Crippen molar-refractivity contribution in [1.29, 1.82) is 0 Å². The minimum absolute atomic E-state index is 0.188. The molecule has 4 rings (SSSR count). The average Bonchev–Trinajstić information content (AvgIpc) is 2.79. The number of fused-ring (bicyclic) bond motifs is 3. The molecule has 0 fully saturated rings. The van der Waals surface area contributed by atoms with Crippen LogP contribution in [0.4, 0.5) is 0 Å². The molecule has 0 aromatic heterocycles. The summed E-state index contributed by atoms with van der Waals surface area (Å²) in [6.45, 7) is 3.75. The zero-order chi connectivity index (χ0) is 20.9. The second-order valence-electron chi connectivity index (χ2n) is 7.02. The third-order valence-electron chi connectivity index (χ3n) is 5.07. The summed E-state index contributed by atoms with van der Waals surface area (Å²) >= 11 is 0. The molecule has 0 saturated heterocycles. The summed E-state index contributed by atoms with van der Waals surface area (Å²) in [7, 11) is 0. The molecule has 0 atom stereocenters. The van der Waals surface area contributed by atoms with Crippen LogP contribution in [0.25, 0.3) is 32.7 Å². The Bertz CT molecular complexity index is 1230. The molecule has 0 radical (unpaired) electrons. The highest BCUT2D eigenvalue weighted by atomic mass is 16.7. The predicted molar refractivity (Wildman–Crippen MR) is 122 cm³/mol. The summed E-state index contributed by atoms with van der Waals surface area (Å²) < 4.78 is 4.83. The number of benzene rings is 4. The molecule has 150 valence electrons. The first kappa shape index (κ1) is 19.6. The minimum atomic E-state index is -0.424. The van der Waals surface area contributed by atoms with Gasteiger partial charge in [-0.05, 0) is 58.1 Å². The maximum atomic E-state index is 11.3. The Balaban J connectivity index is 1.64. The largest absolute Gasteiger partial charge is 0.463 e. The van der Waals surface area contributed by atoms with Gasteiger partial charge < -0.3 is 9.57 Å². The van der Waals surface area contributed by atoms with E-state index in [1.54, 1.807) is 6.92 Å². The van der Waals surface area contributed by atoms with Gasteiger partial charge in [0.25, 0.3) is 0 Å².